The van der Waals surface area contributed by atoms with Crippen LogP contribution in [0, 0.1) is 0 Å². The summed E-state index contributed by atoms with van der Waals surface area (Å²) in [6.45, 7) is 0. The maximum atomic E-state index is 13.9. The molecule has 7 heteroatoms. The van der Waals surface area contributed by atoms with Gasteiger partial charge in [-0.05, 0) is 65.8 Å². The summed E-state index contributed by atoms with van der Waals surface area (Å²) in [5.74, 6) is -0.186. The molecule has 0 aliphatic carbocycles. The summed E-state index contributed by atoms with van der Waals surface area (Å²) in [4.78, 5) is 14.3. The Balaban J connectivity index is 1.19. The molecule has 0 bridgehead atoms. The fraction of sp³-hybridized carbons (Fsp3) is 0.344. The van der Waals surface area contributed by atoms with E-state index < -0.39 is 29.9 Å². The summed E-state index contributed by atoms with van der Waals surface area (Å²) in [7, 11) is 0. The molecule has 0 amide bonds. The van der Waals surface area contributed by atoms with Crippen molar-refractivity contribution in [2.75, 3.05) is 0 Å². The summed E-state index contributed by atoms with van der Waals surface area (Å²) in [6.07, 6.45) is 1.11. The minimum Gasteiger partial charge on any atom is -0.424 e. The van der Waals surface area contributed by atoms with Crippen LogP contribution in [-0.2, 0) is 28.5 Å². The third kappa shape index (κ3) is 6.89. The Morgan fingerprint density at radius 1 is 0.821 bits per heavy atom. The van der Waals surface area contributed by atoms with E-state index in [0.717, 1.165) is 55.4 Å². The van der Waals surface area contributed by atoms with Crippen molar-refractivity contribution >= 4 is 28.1 Å². The van der Waals surface area contributed by atoms with Crippen LogP contribution in [0.1, 0.15) is 66.2 Å². The molecule has 2 unspecified atom stereocenters. The SMILES string of the molecule is O=C(Oc1cccc2ccccc12)C1OC1c1cccc(C(F)(F)F)c1CCCCCCCCc1cccs1. The van der Waals surface area contributed by atoms with Gasteiger partial charge in [0.1, 0.15) is 11.9 Å². The van der Waals surface area contributed by atoms with Crippen molar-refractivity contribution in [2.45, 2.75) is 69.8 Å². The predicted octanol–water partition coefficient (Wildman–Crippen LogP) is 9.09. The van der Waals surface area contributed by atoms with Crippen molar-refractivity contribution in [1.29, 1.82) is 0 Å². The van der Waals surface area contributed by atoms with Gasteiger partial charge in [-0.15, -0.1) is 11.3 Å². The van der Waals surface area contributed by atoms with Gasteiger partial charge in [-0.3, -0.25) is 0 Å². The third-order valence-corrected chi connectivity index (χ3v) is 8.12. The van der Waals surface area contributed by atoms with Crippen LogP contribution in [0.15, 0.2) is 78.2 Å². The maximum absolute atomic E-state index is 13.9. The van der Waals surface area contributed by atoms with Crippen LogP contribution in [0.2, 0.25) is 0 Å². The molecule has 0 radical (unpaired) electrons. The Kier molecular flexibility index (Phi) is 8.68. The normalized spacial score (nSPS) is 16.9. The molecule has 1 saturated heterocycles. The van der Waals surface area contributed by atoms with Gasteiger partial charge in [-0.2, -0.15) is 13.2 Å². The summed E-state index contributed by atoms with van der Waals surface area (Å²) >= 11 is 1.78. The number of benzene rings is 3. The van der Waals surface area contributed by atoms with E-state index >= 15 is 0 Å². The lowest BCUT2D eigenvalue weighted by molar-refractivity contribution is -0.138. The molecule has 1 aromatic heterocycles. The highest BCUT2D eigenvalue weighted by Crippen LogP contribution is 2.45. The summed E-state index contributed by atoms with van der Waals surface area (Å²) in [5, 5.41) is 3.81. The molecule has 3 nitrogen and oxygen atoms in total. The van der Waals surface area contributed by atoms with Gasteiger partial charge >= 0.3 is 12.1 Å². The number of halogens is 3. The number of rotatable bonds is 12. The average molecular weight is 553 g/mol. The summed E-state index contributed by atoms with van der Waals surface area (Å²) in [6, 6.07) is 21.3. The number of esters is 1. The minimum absolute atomic E-state index is 0.230. The van der Waals surface area contributed by atoms with E-state index in [9.17, 15) is 18.0 Å². The van der Waals surface area contributed by atoms with E-state index in [1.807, 2.05) is 30.3 Å². The fourth-order valence-electron chi connectivity index (χ4n) is 5.16. The minimum atomic E-state index is -4.47. The van der Waals surface area contributed by atoms with Gasteiger partial charge < -0.3 is 9.47 Å². The first-order chi connectivity index (χ1) is 18.9. The van der Waals surface area contributed by atoms with Gasteiger partial charge in [-0.25, -0.2) is 4.79 Å². The van der Waals surface area contributed by atoms with Crippen LogP contribution in [0.3, 0.4) is 0 Å². The van der Waals surface area contributed by atoms with E-state index in [0.29, 0.717) is 24.2 Å². The van der Waals surface area contributed by atoms with Crippen molar-refractivity contribution in [3.8, 4) is 5.75 Å². The van der Waals surface area contributed by atoms with Crippen molar-refractivity contribution in [2.24, 2.45) is 0 Å². The van der Waals surface area contributed by atoms with Gasteiger partial charge in [0.25, 0.3) is 0 Å². The lowest BCUT2D eigenvalue weighted by atomic mass is 9.92. The average Bonchev–Trinajstić information content (AvgIpc) is 3.56. The molecular formula is C32H31F3O3S. The number of aryl methyl sites for hydroxylation is 1. The van der Waals surface area contributed by atoms with Crippen molar-refractivity contribution in [3.63, 3.8) is 0 Å². The lowest BCUT2D eigenvalue weighted by Gasteiger charge is -2.16. The number of carbonyl (C=O) groups excluding carboxylic acids is 1. The number of hydrogen-bond donors (Lipinski definition) is 0. The standard InChI is InChI=1S/C32H31F3O3S/c33-32(34,35)27-19-10-18-26(25(27)17-6-4-2-1-3-5-14-23-15-11-21-39-23)29-30(38-29)31(36)37-28-20-9-13-22-12-7-8-16-24(22)28/h7-13,15-16,18-21,29-30H,1-6,14,17H2. The molecule has 3 aromatic carbocycles. The maximum Gasteiger partial charge on any atom is 0.416 e. The highest BCUT2D eigenvalue weighted by molar-refractivity contribution is 7.09. The molecule has 0 N–H and O–H groups in total. The van der Waals surface area contributed by atoms with Gasteiger partial charge in [0.05, 0.1) is 5.56 Å². The Hall–Kier alpha value is -3.16. The van der Waals surface area contributed by atoms with Crippen molar-refractivity contribution < 1.29 is 27.4 Å². The lowest BCUT2D eigenvalue weighted by Crippen LogP contribution is -2.17. The summed E-state index contributed by atoms with van der Waals surface area (Å²) in [5.41, 5.74) is 0.0152. The number of hydrogen-bond acceptors (Lipinski definition) is 4. The number of fused-ring (bicyclic) bond motifs is 1. The van der Waals surface area contributed by atoms with Crippen molar-refractivity contribution in [1.82, 2.24) is 0 Å². The van der Waals surface area contributed by atoms with E-state index in [1.54, 1.807) is 29.5 Å². The number of ether oxygens (including phenoxy) is 2. The van der Waals surface area contributed by atoms with E-state index in [-0.39, 0.29) is 5.56 Å². The van der Waals surface area contributed by atoms with E-state index in [2.05, 4.69) is 17.5 Å². The fourth-order valence-corrected chi connectivity index (χ4v) is 5.91. The van der Waals surface area contributed by atoms with Gasteiger partial charge in [0.2, 0.25) is 0 Å². The number of unbranched alkanes of at least 4 members (excludes halogenated alkanes) is 5. The Morgan fingerprint density at radius 2 is 1.54 bits per heavy atom. The molecule has 1 aliphatic heterocycles. The highest BCUT2D eigenvalue weighted by atomic mass is 32.1. The molecule has 2 atom stereocenters. The second kappa shape index (κ2) is 12.3. The number of carbonyl (C=O) groups is 1. The Labute approximate surface area is 230 Å². The zero-order valence-electron chi connectivity index (χ0n) is 21.6. The first-order valence-electron chi connectivity index (χ1n) is 13.5. The van der Waals surface area contributed by atoms with Crippen LogP contribution in [0.25, 0.3) is 10.8 Å². The molecule has 1 aliphatic rings. The van der Waals surface area contributed by atoms with Gasteiger partial charge in [0, 0.05) is 10.3 Å². The van der Waals surface area contributed by atoms with E-state index in [4.69, 9.17) is 9.47 Å². The Morgan fingerprint density at radius 3 is 2.31 bits per heavy atom. The molecule has 1 fully saturated rings. The van der Waals surface area contributed by atoms with Crippen LogP contribution in [-0.4, -0.2) is 12.1 Å². The third-order valence-electron chi connectivity index (χ3n) is 7.19. The summed E-state index contributed by atoms with van der Waals surface area (Å²) < 4.78 is 53.0. The zero-order chi connectivity index (χ0) is 27.2. The molecule has 2 heterocycles. The van der Waals surface area contributed by atoms with E-state index in [1.165, 1.54) is 10.9 Å². The molecule has 39 heavy (non-hydrogen) atoms. The molecule has 204 valence electrons. The van der Waals surface area contributed by atoms with Crippen LogP contribution in [0.5, 0.6) is 5.75 Å². The van der Waals surface area contributed by atoms with Crippen LogP contribution < -0.4 is 4.74 Å². The number of thiophene rings is 1. The van der Waals surface area contributed by atoms with Gasteiger partial charge in [0.15, 0.2) is 6.10 Å². The predicted molar refractivity (Wildman–Crippen MR) is 148 cm³/mol. The van der Waals surface area contributed by atoms with Crippen LogP contribution >= 0.6 is 11.3 Å². The smallest absolute Gasteiger partial charge is 0.416 e. The first-order valence-corrected chi connectivity index (χ1v) is 14.4. The van der Waals surface area contributed by atoms with Gasteiger partial charge in [-0.1, -0.05) is 80.3 Å². The molecule has 5 rings (SSSR count). The monoisotopic (exact) mass is 552 g/mol. The van der Waals surface area contributed by atoms with Crippen LogP contribution in [0.4, 0.5) is 13.2 Å². The molecule has 0 saturated carbocycles. The molecular weight excluding hydrogens is 521 g/mol. The second-order valence-electron chi connectivity index (χ2n) is 9.95. The topological polar surface area (TPSA) is 38.8 Å². The number of alkyl halides is 3. The molecule has 4 aromatic rings. The number of epoxide rings is 1. The largest absolute Gasteiger partial charge is 0.424 e. The Bertz CT molecular complexity index is 1390. The second-order valence-corrected chi connectivity index (χ2v) is 11.0. The van der Waals surface area contributed by atoms with Crippen molar-refractivity contribution in [3.05, 3.63) is 99.7 Å². The zero-order valence-corrected chi connectivity index (χ0v) is 22.4. The quantitative estimate of drug-likeness (QED) is 0.0762. The molecule has 0 spiro atoms. The highest BCUT2D eigenvalue weighted by Gasteiger charge is 2.49. The first kappa shape index (κ1) is 27.4.